The first kappa shape index (κ1) is 28.5. The number of hydrogen-bond donors (Lipinski definition) is 2. The number of aromatic carboxylic acids is 1. The fourth-order valence-corrected chi connectivity index (χ4v) is 6.04. The van der Waals surface area contributed by atoms with E-state index in [9.17, 15) is 32.1 Å². The van der Waals surface area contributed by atoms with Crippen LogP contribution in [0.3, 0.4) is 0 Å². The van der Waals surface area contributed by atoms with Crippen molar-refractivity contribution in [1.29, 1.82) is 0 Å². The van der Waals surface area contributed by atoms with Crippen molar-refractivity contribution < 1.29 is 32.1 Å². The molecule has 1 aliphatic carbocycles. The van der Waals surface area contributed by atoms with Gasteiger partial charge in [0.2, 0.25) is 5.78 Å². The zero-order chi connectivity index (χ0) is 29.4. The summed E-state index contributed by atoms with van der Waals surface area (Å²) in [6, 6.07) is 18.5. The molecular weight excluding hydrogens is 577 g/mol. The maximum absolute atomic E-state index is 13.5. The maximum atomic E-state index is 13.5. The third-order valence-electron chi connectivity index (χ3n) is 7.00. The number of nitrogens with zero attached hydrogens (tertiary/aromatic N) is 1. The van der Waals surface area contributed by atoms with Crippen LogP contribution in [-0.2, 0) is 22.4 Å². The van der Waals surface area contributed by atoms with E-state index in [2.05, 4.69) is 10.3 Å². The third kappa shape index (κ3) is 6.03. The molecule has 1 aromatic heterocycles. The van der Waals surface area contributed by atoms with Crippen molar-refractivity contribution in [1.82, 2.24) is 4.98 Å². The quantitative estimate of drug-likeness (QED) is 0.202. The van der Waals surface area contributed by atoms with Crippen LogP contribution in [0.25, 0.3) is 0 Å². The Labute approximate surface area is 240 Å². The van der Waals surface area contributed by atoms with Gasteiger partial charge in [0.05, 0.1) is 43.6 Å². The number of alkyl halides is 3. The molecule has 11 heteroatoms. The summed E-state index contributed by atoms with van der Waals surface area (Å²) in [5.41, 5.74) is 0.211. The second kappa shape index (κ2) is 11.1. The van der Waals surface area contributed by atoms with E-state index in [0.29, 0.717) is 17.3 Å². The molecule has 0 amide bonds. The zero-order valence-electron chi connectivity index (χ0n) is 21.2. The van der Waals surface area contributed by atoms with Crippen LogP contribution in [0.5, 0.6) is 0 Å². The smallest absolute Gasteiger partial charge is 0.417 e. The number of benzene rings is 3. The molecule has 1 unspecified atom stereocenters. The number of carboxylic acid groups (broad SMARTS) is 1. The molecule has 0 aliphatic heterocycles. The largest absolute Gasteiger partial charge is 0.478 e. The summed E-state index contributed by atoms with van der Waals surface area (Å²) >= 11 is 6.00. The number of ketones is 1. The van der Waals surface area contributed by atoms with Crippen LogP contribution in [0.15, 0.2) is 94.9 Å². The average Bonchev–Trinajstić information content (AvgIpc) is 3.76. The van der Waals surface area contributed by atoms with Crippen LogP contribution in [0, 0.1) is 0 Å². The molecule has 3 aromatic carbocycles. The highest BCUT2D eigenvalue weighted by Gasteiger charge is 2.44. The Balaban J connectivity index is 1.34. The lowest BCUT2D eigenvalue weighted by atomic mass is 9.96. The van der Waals surface area contributed by atoms with Crippen LogP contribution < -0.4 is 5.32 Å². The molecule has 0 bridgehead atoms. The molecule has 4 aromatic rings. The summed E-state index contributed by atoms with van der Waals surface area (Å²) < 4.78 is 53.5. The van der Waals surface area contributed by atoms with Crippen molar-refractivity contribution in [3.8, 4) is 0 Å². The number of nitrogens with one attached hydrogen (secondary N) is 1. The Morgan fingerprint density at radius 1 is 0.976 bits per heavy atom. The van der Waals surface area contributed by atoms with Crippen molar-refractivity contribution in [3.63, 3.8) is 0 Å². The highest BCUT2D eigenvalue weighted by molar-refractivity contribution is 7.85. The topological polar surface area (TPSA) is 96.4 Å². The van der Waals surface area contributed by atoms with Gasteiger partial charge in [-0.05, 0) is 73.0 Å². The molecular formula is C30H22ClF3N2O4S. The average molecular weight is 599 g/mol. The molecule has 6 nitrogen and oxygen atoms in total. The SMILES string of the molecule is O=C(c1ccc(S(=O)c2ccccc2C(F)(F)F)c(C(=O)O)c1)c1ccc(NCC2(c3ccc(Cl)cc3)CC2)cn1. The highest BCUT2D eigenvalue weighted by atomic mass is 35.5. The molecule has 1 aliphatic rings. The van der Waals surface area contributed by atoms with Gasteiger partial charge in [0, 0.05) is 22.5 Å². The molecule has 2 N–H and O–H groups in total. The van der Waals surface area contributed by atoms with Crippen molar-refractivity contribution >= 4 is 39.8 Å². The fourth-order valence-electron chi connectivity index (χ4n) is 4.55. The summed E-state index contributed by atoms with van der Waals surface area (Å²) in [7, 11) is -2.47. The first-order valence-corrected chi connectivity index (χ1v) is 14.0. The van der Waals surface area contributed by atoms with Gasteiger partial charge in [0.15, 0.2) is 0 Å². The molecule has 0 spiro atoms. The van der Waals surface area contributed by atoms with E-state index in [1.165, 1.54) is 30.0 Å². The van der Waals surface area contributed by atoms with Crippen molar-refractivity contribution in [3.05, 3.63) is 118 Å². The predicted molar refractivity (Wildman–Crippen MR) is 148 cm³/mol. The standard InChI is InChI=1S/C30H22ClF3N2O4S/c31-20-8-6-19(7-9-20)29(13-14-29)17-36-21-10-11-24(35-16-21)27(37)18-5-12-25(22(15-18)28(38)39)41(40)26-4-2-1-3-23(26)30(32,33)34/h1-12,15-16,36H,13-14,17H2,(H,38,39). The third-order valence-corrected chi connectivity index (χ3v) is 8.76. The number of aromatic nitrogens is 1. The van der Waals surface area contributed by atoms with Gasteiger partial charge >= 0.3 is 12.1 Å². The second-order valence-electron chi connectivity index (χ2n) is 9.68. The number of carbonyl (C=O) groups is 2. The van der Waals surface area contributed by atoms with Gasteiger partial charge in [0.25, 0.3) is 0 Å². The molecule has 1 heterocycles. The van der Waals surface area contributed by atoms with E-state index < -0.39 is 44.8 Å². The summed E-state index contributed by atoms with van der Waals surface area (Å²) in [4.78, 5) is 28.4. The summed E-state index contributed by atoms with van der Waals surface area (Å²) in [5, 5.41) is 13.7. The lowest BCUT2D eigenvalue weighted by Gasteiger charge is -2.17. The monoisotopic (exact) mass is 598 g/mol. The van der Waals surface area contributed by atoms with E-state index in [0.717, 1.165) is 43.2 Å². The predicted octanol–water partition coefficient (Wildman–Crippen LogP) is 6.99. The molecule has 5 rings (SSSR count). The van der Waals surface area contributed by atoms with Crippen LogP contribution in [0.2, 0.25) is 5.02 Å². The molecule has 1 atom stereocenters. The lowest BCUT2D eigenvalue weighted by molar-refractivity contribution is -0.139. The van der Waals surface area contributed by atoms with Gasteiger partial charge in [-0.3, -0.25) is 9.78 Å². The molecule has 0 saturated heterocycles. The van der Waals surface area contributed by atoms with Gasteiger partial charge in [-0.25, -0.2) is 9.00 Å². The molecule has 1 fully saturated rings. The number of carboxylic acids is 1. The Bertz CT molecular complexity index is 1650. The van der Waals surface area contributed by atoms with E-state index in [1.807, 2.05) is 24.3 Å². The number of rotatable bonds is 9. The Hall–Kier alpha value is -4.02. The van der Waals surface area contributed by atoms with Crippen LogP contribution in [0.1, 0.15) is 50.4 Å². The van der Waals surface area contributed by atoms with E-state index in [1.54, 1.807) is 6.07 Å². The van der Waals surface area contributed by atoms with Crippen LogP contribution in [0.4, 0.5) is 18.9 Å². The maximum Gasteiger partial charge on any atom is 0.417 e. The molecule has 1 saturated carbocycles. The van der Waals surface area contributed by atoms with E-state index in [4.69, 9.17) is 11.6 Å². The Kier molecular flexibility index (Phi) is 7.72. The zero-order valence-corrected chi connectivity index (χ0v) is 22.8. The van der Waals surface area contributed by atoms with Gasteiger partial charge in [0.1, 0.15) is 5.69 Å². The number of anilines is 1. The number of hydrogen-bond acceptors (Lipinski definition) is 5. The number of pyridine rings is 1. The summed E-state index contributed by atoms with van der Waals surface area (Å²) in [5.74, 6) is -2.12. The van der Waals surface area contributed by atoms with Gasteiger partial charge < -0.3 is 10.4 Å². The summed E-state index contributed by atoms with van der Waals surface area (Å²) in [6.45, 7) is 0.668. The number of halogens is 4. The Morgan fingerprint density at radius 3 is 2.29 bits per heavy atom. The van der Waals surface area contributed by atoms with Crippen molar-refractivity contribution in [2.75, 3.05) is 11.9 Å². The first-order valence-electron chi connectivity index (χ1n) is 12.4. The van der Waals surface area contributed by atoms with Crippen molar-refractivity contribution in [2.45, 2.75) is 34.2 Å². The second-order valence-corrected chi connectivity index (χ2v) is 11.5. The normalized spacial score (nSPS) is 14.7. The molecule has 0 radical (unpaired) electrons. The fraction of sp³-hybridized carbons (Fsp3) is 0.167. The van der Waals surface area contributed by atoms with Crippen LogP contribution >= 0.6 is 11.6 Å². The van der Waals surface area contributed by atoms with E-state index in [-0.39, 0.29) is 21.6 Å². The highest BCUT2D eigenvalue weighted by Crippen LogP contribution is 2.48. The van der Waals surface area contributed by atoms with Gasteiger partial charge in [-0.15, -0.1) is 0 Å². The van der Waals surface area contributed by atoms with Crippen molar-refractivity contribution in [2.24, 2.45) is 0 Å². The van der Waals surface area contributed by atoms with E-state index >= 15 is 0 Å². The molecule has 41 heavy (non-hydrogen) atoms. The van der Waals surface area contributed by atoms with Gasteiger partial charge in [-0.2, -0.15) is 13.2 Å². The number of carbonyl (C=O) groups excluding carboxylic acids is 1. The Morgan fingerprint density at radius 2 is 1.68 bits per heavy atom. The van der Waals surface area contributed by atoms with Crippen LogP contribution in [-0.4, -0.2) is 32.6 Å². The minimum atomic E-state index is -4.78. The molecule has 210 valence electrons. The van der Waals surface area contributed by atoms with Gasteiger partial charge in [-0.1, -0.05) is 35.9 Å². The minimum Gasteiger partial charge on any atom is -0.478 e. The minimum absolute atomic E-state index is 0.00869. The lowest BCUT2D eigenvalue weighted by Crippen LogP contribution is -2.19. The first-order chi connectivity index (χ1) is 19.5. The summed E-state index contributed by atoms with van der Waals surface area (Å²) in [6.07, 6.45) is -1.23.